The van der Waals surface area contributed by atoms with Gasteiger partial charge in [0.05, 0.1) is 18.8 Å². The quantitative estimate of drug-likeness (QED) is 0.847. The van der Waals surface area contributed by atoms with E-state index in [0.717, 1.165) is 11.5 Å². The fraction of sp³-hybridized carbons (Fsp3) is 0.333. The molecule has 1 amide bonds. The van der Waals surface area contributed by atoms with Crippen molar-refractivity contribution < 1.29 is 14.3 Å². The van der Waals surface area contributed by atoms with Gasteiger partial charge in [-0.3, -0.25) is 4.79 Å². The fourth-order valence-corrected chi connectivity index (χ4v) is 2.41. The first-order chi connectivity index (χ1) is 10.1. The molecule has 2 heterocycles. The zero-order valence-electron chi connectivity index (χ0n) is 11.9. The number of aromatic nitrogens is 1. The number of amides is 1. The van der Waals surface area contributed by atoms with E-state index in [0.29, 0.717) is 22.8 Å². The van der Waals surface area contributed by atoms with Crippen molar-refractivity contribution in [1.82, 2.24) is 10.3 Å². The molecular formula is C15H16N2O3S. The van der Waals surface area contributed by atoms with Crippen molar-refractivity contribution in [2.45, 2.75) is 26.8 Å². The number of carbonyl (C=O) groups is 1. The van der Waals surface area contributed by atoms with Gasteiger partial charge in [-0.25, -0.2) is 4.98 Å². The topological polar surface area (TPSA) is 75.4 Å². The average molecular weight is 304 g/mol. The second-order valence-electron chi connectivity index (χ2n) is 4.37. The van der Waals surface area contributed by atoms with Gasteiger partial charge in [-0.2, -0.15) is 0 Å². The Hall–Kier alpha value is -2.10. The van der Waals surface area contributed by atoms with E-state index in [4.69, 9.17) is 9.52 Å². The zero-order chi connectivity index (χ0) is 15.2. The van der Waals surface area contributed by atoms with Crippen molar-refractivity contribution in [2.24, 2.45) is 0 Å². The van der Waals surface area contributed by atoms with Crippen LogP contribution in [0, 0.1) is 25.7 Å². The van der Waals surface area contributed by atoms with Crippen molar-refractivity contribution in [3.63, 3.8) is 0 Å². The minimum atomic E-state index is -0.202. The summed E-state index contributed by atoms with van der Waals surface area (Å²) in [6.45, 7) is 3.95. The first kappa shape index (κ1) is 15.3. The number of aryl methyl sites for hydroxylation is 2. The Labute approximate surface area is 127 Å². The summed E-state index contributed by atoms with van der Waals surface area (Å²) in [5, 5.41) is 13.3. The highest BCUT2D eigenvalue weighted by Crippen LogP contribution is 2.16. The van der Waals surface area contributed by atoms with Crippen molar-refractivity contribution in [3.05, 3.63) is 39.2 Å². The van der Waals surface area contributed by atoms with Crippen LogP contribution in [0.4, 0.5) is 0 Å². The highest BCUT2D eigenvalue weighted by molar-refractivity contribution is 7.12. The van der Waals surface area contributed by atoms with Crippen LogP contribution in [-0.2, 0) is 6.54 Å². The lowest BCUT2D eigenvalue weighted by atomic mass is 10.2. The van der Waals surface area contributed by atoms with Gasteiger partial charge in [0, 0.05) is 12.0 Å². The van der Waals surface area contributed by atoms with E-state index >= 15 is 0 Å². The standard InChI is InChI=1S/C15H16N2O3S/c1-10-11(2)20-13(17-10)9-16-15(19)14-12(6-8-21-14)5-3-4-7-18/h6,8,18H,4,7,9H2,1-2H3,(H,16,19). The molecule has 0 fully saturated rings. The van der Waals surface area contributed by atoms with Crippen LogP contribution in [0.5, 0.6) is 0 Å². The van der Waals surface area contributed by atoms with Gasteiger partial charge in [-0.05, 0) is 25.3 Å². The summed E-state index contributed by atoms with van der Waals surface area (Å²) in [5.41, 5.74) is 1.50. The first-order valence-electron chi connectivity index (χ1n) is 6.50. The van der Waals surface area contributed by atoms with E-state index in [1.165, 1.54) is 11.3 Å². The predicted molar refractivity (Wildman–Crippen MR) is 80.0 cm³/mol. The molecule has 0 saturated carbocycles. The number of hydrogen-bond donors (Lipinski definition) is 2. The smallest absolute Gasteiger partial charge is 0.263 e. The molecule has 0 atom stereocenters. The van der Waals surface area contributed by atoms with Gasteiger partial charge >= 0.3 is 0 Å². The molecule has 0 bridgehead atoms. The van der Waals surface area contributed by atoms with E-state index in [1.54, 1.807) is 6.07 Å². The van der Waals surface area contributed by atoms with Crippen LogP contribution < -0.4 is 5.32 Å². The number of aliphatic hydroxyl groups is 1. The summed E-state index contributed by atoms with van der Waals surface area (Å²) in [5.74, 6) is 6.74. The molecule has 2 aromatic heterocycles. The normalized spacial score (nSPS) is 10.0. The summed E-state index contributed by atoms with van der Waals surface area (Å²) < 4.78 is 5.41. The average Bonchev–Trinajstić information content (AvgIpc) is 3.04. The molecule has 0 radical (unpaired) electrons. The zero-order valence-corrected chi connectivity index (χ0v) is 12.7. The number of hydrogen-bond acceptors (Lipinski definition) is 5. The number of nitrogens with one attached hydrogen (secondary N) is 1. The molecule has 110 valence electrons. The predicted octanol–water partition coefficient (Wildman–Crippen LogP) is 2.02. The number of rotatable bonds is 4. The van der Waals surface area contributed by atoms with Gasteiger partial charge in [-0.15, -0.1) is 11.3 Å². The maximum atomic E-state index is 12.1. The molecule has 0 aliphatic heterocycles. The van der Waals surface area contributed by atoms with E-state index in [2.05, 4.69) is 22.1 Å². The third-order valence-electron chi connectivity index (χ3n) is 2.80. The maximum absolute atomic E-state index is 12.1. The molecule has 2 rings (SSSR count). The second kappa shape index (κ2) is 7.07. The Balaban J connectivity index is 2.01. The second-order valence-corrected chi connectivity index (χ2v) is 5.29. The Morgan fingerprint density at radius 1 is 1.52 bits per heavy atom. The van der Waals surface area contributed by atoms with Crippen LogP contribution in [-0.4, -0.2) is 22.6 Å². The Bertz CT molecular complexity index is 672. The van der Waals surface area contributed by atoms with Gasteiger partial charge in [0.1, 0.15) is 10.6 Å². The highest BCUT2D eigenvalue weighted by Gasteiger charge is 2.13. The molecule has 0 unspecified atom stereocenters. The van der Waals surface area contributed by atoms with Gasteiger partial charge < -0.3 is 14.8 Å². The van der Waals surface area contributed by atoms with E-state index in [1.807, 2.05) is 19.2 Å². The highest BCUT2D eigenvalue weighted by atomic mass is 32.1. The molecule has 2 N–H and O–H groups in total. The van der Waals surface area contributed by atoms with Gasteiger partial charge in [-0.1, -0.05) is 11.8 Å². The number of nitrogens with zero attached hydrogens (tertiary/aromatic N) is 1. The molecule has 0 aromatic carbocycles. The summed E-state index contributed by atoms with van der Waals surface area (Å²) in [6, 6.07) is 1.80. The molecular weight excluding hydrogens is 288 g/mol. The van der Waals surface area contributed by atoms with Gasteiger partial charge in [0.25, 0.3) is 5.91 Å². The summed E-state index contributed by atoms with van der Waals surface area (Å²) >= 11 is 1.33. The summed E-state index contributed by atoms with van der Waals surface area (Å²) in [6.07, 6.45) is 0.395. The van der Waals surface area contributed by atoms with Crippen molar-refractivity contribution in [3.8, 4) is 11.8 Å². The molecule has 0 saturated heterocycles. The number of oxazole rings is 1. The van der Waals surface area contributed by atoms with Crippen LogP contribution in [0.3, 0.4) is 0 Å². The Kier molecular flexibility index (Phi) is 5.14. The van der Waals surface area contributed by atoms with E-state index < -0.39 is 0 Å². The van der Waals surface area contributed by atoms with Crippen molar-refractivity contribution >= 4 is 17.2 Å². The monoisotopic (exact) mass is 304 g/mol. The summed E-state index contributed by atoms with van der Waals surface area (Å²) in [7, 11) is 0. The number of aliphatic hydroxyl groups excluding tert-OH is 1. The SMILES string of the molecule is Cc1nc(CNC(=O)c2sccc2C#CCCO)oc1C. The largest absolute Gasteiger partial charge is 0.444 e. The van der Waals surface area contributed by atoms with E-state index in [-0.39, 0.29) is 19.1 Å². The maximum Gasteiger partial charge on any atom is 0.263 e. The first-order valence-corrected chi connectivity index (χ1v) is 7.38. The van der Waals surface area contributed by atoms with Crippen LogP contribution in [0.15, 0.2) is 15.9 Å². The molecule has 21 heavy (non-hydrogen) atoms. The number of thiophene rings is 1. The molecule has 5 nitrogen and oxygen atoms in total. The minimum Gasteiger partial charge on any atom is -0.444 e. The Morgan fingerprint density at radius 3 is 3.00 bits per heavy atom. The molecule has 2 aromatic rings. The van der Waals surface area contributed by atoms with Crippen LogP contribution in [0.25, 0.3) is 0 Å². The summed E-state index contributed by atoms with van der Waals surface area (Å²) in [4.78, 5) is 16.9. The van der Waals surface area contributed by atoms with Gasteiger partial charge in [0.2, 0.25) is 5.89 Å². The molecule has 0 aliphatic rings. The van der Waals surface area contributed by atoms with Crippen molar-refractivity contribution in [2.75, 3.05) is 6.61 Å². The van der Waals surface area contributed by atoms with E-state index in [9.17, 15) is 4.79 Å². The van der Waals surface area contributed by atoms with Crippen molar-refractivity contribution in [1.29, 1.82) is 0 Å². The molecule has 0 aliphatic carbocycles. The lowest BCUT2D eigenvalue weighted by Crippen LogP contribution is -2.22. The third-order valence-corrected chi connectivity index (χ3v) is 3.72. The van der Waals surface area contributed by atoms with Gasteiger partial charge in [0.15, 0.2) is 0 Å². The number of carbonyl (C=O) groups excluding carboxylic acids is 1. The Morgan fingerprint density at radius 2 is 2.33 bits per heavy atom. The lowest BCUT2D eigenvalue weighted by molar-refractivity contribution is 0.0951. The van der Waals surface area contributed by atoms with Crippen LogP contribution in [0.1, 0.15) is 39.0 Å². The molecule has 0 spiro atoms. The fourth-order valence-electron chi connectivity index (χ4n) is 1.65. The van der Waals surface area contributed by atoms with Crippen LogP contribution in [0.2, 0.25) is 0 Å². The van der Waals surface area contributed by atoms with Crippen LogP contribution >= 0.6 is 11.3 Å². The lowest BCUT2D eigenvalue weighted by Gasteiger charge is -2.01. The molecule has 6 heteroatoms. The minimum absolute atomic E-state index is 0.0154. The third kappa shape index (κ3) is 3.94.